The van der Waals surface area contributed by atoms with E-state index in [1.54, 1.807) is 24.1 Å². The summed E-state index contributed by atoms with van der Waals surface area (Å²) in [6.45, 7) is 0. The van der Waals surface area contributed by atoms with Crippen molar-refractivity contribution in [2.45, 2.75) is 19.3 Å². The van der Waals surface area contributed by atoms with Crippen LogP contribution in [0.5, 0.6) is 0 Å². The molecule has 1 aromatic rings. The van der Waals surface area contributed by atoms with Crippen molar-refractivity contribution < 1.29 is 14.7 Å². The van der Waals surface area contributed by atoms with Gasteiger partial charge in [0, 0.05) is 18.7 Å². The Morgan fingerprint density at radius 1 is 1.24 bits per heavy atom. The van der Waals surface area contributed by atoms with Gasteiger partial charge in [0.1, 0.15) is 0 Å². The van der Waals surface area contributed by atoms with E-state index in [4.69, 9.17) is 5.11 Å². The molecule has 0 spiro atoms. The highest BCUT2D eigenvalue weighted by molar-refractivity contribution is 5.95. The average molecular weight is 233 g/mol. The molecule has 4 nitrogen and oxygen atoms in total. The number of carbonyl (C=O) groups is 2. The number of aromatic carboxylic acids is 1. The van der Waals surface area contributed by atoms with Gasteiger partial charge in [0.15, 0.2) is 0 Å². The first-order valence-corrected chi connectivity index (χ1v) is 5.70. The summed E-state index contributed by atoms with van der Waals surface area (Å²) in [5, 5.41) is 8.78. The van der Waals surface area contributed by atoms with E-state index in [2.05, 4.69) is 0 Å². The second kappa shape index (κ2) is 4.57. The van der Waals surface area contributed by atoms with Gasteiger partial charge in [-0.1, -0.05) is 6.42 Å². The van der Waals surface area contributed by atoms with E-state index in [9.17, 15) is 9.59 Å². The standard InChI is InChI=1S/C13H15NO3/c1-14(12(15)9-3-2-4-9)11-7-5-10(6-8-11)13(16)17/h5-9H,2-4H2,1H3,(H,16,17). The minimum atomic E-state index is -0.954. The highest BCUT2D eigenvalue weighted by atomic mass is 16.4. The maximum absolute atomic E-state index is 12.0. The Morgan fingerprint density at radius 3 is 2.24 bits per heavy atom. The summed E-state index contributed by atoms with van der Waals surface area (Å²) in [5.41, 5.74) is 0.977. The SMILES string of the molecule is CN(C(=O)C1CCC1)c1ccc(C(=O)O)cc1. The highest BCUT2D eigenvalue weighted by Gasteiger charge is 2.28. The minimum absolute atomic E-state index is 0.124. The number of carbonyl (C=O) groups excluding carboxylic acids is 1. The van der Waals surface area contributed by atoms with Crippen molar-refractivity contribution in [3.8, 4) is 0 Å². The molecule has 0 atom stereocenters. The molecule has 1 aromatic carbocycles. The van der Waals surface area contributed by atoms with Crippen LogP contribution in [-0.2, 0) is 4.79 Å². The third kappa shape index (κ3) is 2.30. The van der Waals surface area contributed by atoms with Gasteiger partial charge in [-0.05, 0) is 37.1 Å². The molecule has 90 valence electrons. The normalized spacial score (nSPS) is 15.1. The molecule has 0 radical (unpaired) electrons. The summed E-state index contributed by atoms with van der Waals surface area (Å²) >= 11 is 0. The lowest BCUT2D eigenvalue weighted by Crippen LogP contribution is -2.36. The van der Waals surface area contributed by atoms with Gasteiger partial charge in [-0.25, -0.2) is 4.79 Å². The maximum Gasteiger partial charge on any atom is 0.335 e. The minimum Gasteiger partial charge on any atom is -0.478 e. The average Bonchev–Trinajstić information content (AvgIpc) is 2.25. The maximum atomic E-state index is 12.0. The number of amides is 1. The Bertz CT molecular complexity index is 434. The fraction of sp³-hybridized carbons (Fsp3) is 0.385. The van der Waals surface area contributed by atoms with Crippen molar-refractivity contribution in [3.05, 3.63) is 29.8 Å². The number of rotatable bonds is 3. The Morgan fingerprint density at radius 2 is 1.82 bits per heavy atom. The van der Waals surface area contributed by atoms with E-state index >= 15 is 0 Å². The van der Waals surface area contributed by atoms with Gasteiger partial charge in [0.25, 0.3) is 0 Å². The van der Waals surface area contributed by atoms with Crippen molar-refractivity contribution in [1.82, 2.24) is 0 Å². The van der Waals surface area contributed by atoms with Crippen LogP contribution >= 0.6 is 0 Å². The molecule has 0 heterocycles. The molecule has 1 aliphatic carbocycles. The number of hydrogen-bond acceptors (Lipinski definition) is 2. The molecule has 2 rings (SSSR count). The molecular formula is C13H15NO3. The van der Waals surface area contributed by atoms with Crippen LogP contribution < -0.4 is 4.90 Å². The third-order valence-electron chi connectivity index (χ3n) is 3.29. The first kappa shape index (κ1) is 11.6. The molecule has 0 aliphatic heterocycles. The van der Waals surface area contributed by atoms with E-state index in [0.717, 1.165) is 24.9 Å². The Labute approximate surface area is 99.9 Å². The molecular weight excluding hydrogens is 218 g/mol. The Balaban J connectivity index is 2.10. The van der Waals surface area contributed by atoms with Gasteiger partial charge in [0.05, 0.1) is 5.56 Å². The van der Waals surface area contributed by atoms with Gasteiger partial charge >= 0.3 is 5.97 Å². The van der Waals surface area contributed by atoms with Crippen molar-refractivity contribution >= 4 is 17.6 Å². The largest absolute Gasteiger partial charge is 0.478 e. The highest BCUT2D eigenvalue weighted by Crippen LogP contribution is 2.29. The molecule has 1 aliphatic rings. The third-order valence-corrected chi connectivity index (χ3v) is 3.29. The van der Waals surface area contributed by atoms with Crippen molar-refractivity contribution in [2.24, 2.45) is 5.92 Å². The van der Waals surface area contributed by atoms with E-state index < -0.39 is 5.97 Å². The first-order chi connectivity index (χ1) is 8.09. The van der Waals surface area contributed by atoms with Gasteiger partial charge < -0.3 is 10.0 Å². The molecule has 4 heteroatoms. The van der Waals surface area contributed by atoms with Gasteiger partial charge in [-0.15, -0.1) is 0 Å². The van der Waals surface area contributed by atoms with Crippen LogP contribution in [0.25, 0.3) is 0 Å². The Hall–Kier alpha value is -1.84. The number of anilines is 1. The number of carboxylic acid groups (broad SMARTS) is 1. The molecule has 1 N–H and O–H groups in total. The lowest BCUT2D eigenvalue weighted by Gasteiger charge is -2.29. The summed E-state index contributed by atoms with van der Waals surface area (Å²) in [4.78, 5) is 24.3. The first-order valence-electron chi connectivity index (χ1n) is 5.70. The lowest BCUT2D eigenvalue weighted by molar-refractivity contribution is -0.124. The summed E-state index contributed by atoms with van der Waals surface area (Å²) in [7, 11) is 1.73. The number of hydrogen-bond donors (Lipinski definition) is 1. The predicted octanol–water partition coefficient (Wildman–Crippen LogP) is 2.15. The van der Waals surface area contributed by atoms with Crippen LogP contribution in [0.1, 0.15) is 29.6 Å². The summed E-state index contributed by atoms with van der Waals surface area (Å²) in [6.07, 6.45) is 3.06. The fourth-order valence-electron chi connectivity index (χ4n) is 1.88. The summed E-state index contributed by atoms with van der Waals surface area (Å²) in [6, 6.07) is 6.37. The van der Waals surface area contributed by atoms with Crippen LogP contribution in [-0.4, -0.2) is 24.0 Å². The molecule has 1 saturated carbocycles. The lowest BCUT2D eigenvalue weighted by atomic mass is 9.84. The van der Waals surface area contributed by atoms with Crippen molar-refractivity contribution in [3.63, 3.8) is 0 Å². The molecule has 0 saturated heterocycles. The van der Waals surface area contributed by atoms with Crippen LogP contribution in [0.2, 0.25) is 0 Å². The van der Waals surface area contributed by atoms with Crippen LogP contribution in [0.15, 0.2) is 24.3 Å². The fourth-order valence-corrected chi connectivity index (χ4v) is 1.88. The summed E-state index contributed by atoms with van der Waals surface area (Å²) in [5.74, 6) is -0.678. The monoisotopic (exact) mass is 233 g/mol. The Kier molecular flexibility index (Phi) is 3.13. The van der Waals surface area contributed by atoms with Crippen molar-refractivity contribution in [2.75, 3.05) is 11.9 Å². The van der Waals surface area contributed by atoms with Gasteiger partial charge in [0.2, 0.25) is 5.91 Å². The quantitative estimate of drug-likeness (QED) is 0.870. The van der Waals surface area contributed by atoms with Crippen molar-refractivity contribution in [1.29, 1.82) is 0 Å². The molecule has 17 heavy (non-hydrogen) atoms. The zero-order valence-corrected chi connectivity index (χ0v) is 9.72. The second-order valence-electron chi connectivity index (χ2n) is 4.38. The van der Waals surface area contributed by atoms with Crippen LogP contribution in [0.3, 0.4) is 0 Å². The van der Waals surface area contributed by atoms with Gasteiger partial charge in [-0.2, -0.15) is 0 Å². The van der Waals surface area contributed by atoms with Gasteiger partial charge in [-0.3, -0.25) is 4.79 Å². The summed E-state index contributed by atoms with van der Waals surface area (Å²) < 4.78 is 0. The van der Waals surface area contributed by atoms with E-state index in [1.807, 2.05) is 0 Å². The molecule has 1 amide bonds. The number of carboxylic acids is 1. The van der Waals surface area contributed by atoms with Crippen LogP contribution in [0, 0.1) is 5.92 Å². The van der Waals surface area contributed by atoms with E-state index in [0.29, 0.717) is 0 Å². The number of benzene rings is 1. The molecule has 1 fully saturated rings. The van der Waals surface area contributed by atoms with E-state index in [-0.39, 0.29) is 17.4 Å². The zero-order chi connectivity index (χ0) is 12.4. The molecule has 0 bridgehead atoms. The number of nitrogens with zero attached hydrogens (tertiary/aromatic N) is 1. The van der Waals surface area contributed by atoms with Crippen LogP contribution in [0.4, 0.5) is 5.69 Å². The second-order valence-corrected chi connectivity index (χ2v) is 4.38. The smallest absolute Gasteiger partial charge is 0.335 e. The zero-order valence-electron chi connectivity index (χ0n) is 9.72. The molecule has 0 unspecified atom stereocenters. The van der Waals surface area contributed by atoms with E-state index in [1.165, 1.54) is 12.1 Å². The topological polar surface area (TPSA) is 57.6 Å². The molecule has 0 aromatic heterocycles. The predicted molar refractivity (Wildman–Crippen MR) is 64.2 cm³/mol.